The average Bonchev–Trinajstić information content (AvgIpc) is 3.00. The molecule has 1 aromatic rings. The first-order valence-corrected chi connectivity index (χ1v) is 8.11. The molecule has 1 aliphatic heterocycles. The summed E-state index contributed by atoms with van der Waals surface area (Å²) in [6.07, 6.45) is 1.58. The van der Waals surface area contributed by atoms with Crippen LogP contribution in [0.4, 0.5) is 8.78 Å². The molecule has 1 fully saturated rings. The van der Waals surface area contributed by atoms with Crippen LogP contribution in [-0.4, -0.2) is 50.8 Å². The van der Waals surface area contributed by atoms with E-state index in [4.69, 9.17) is 4.74 Å². The fourth-order valence-electron chi connectivity index (χ4n) is 2.81. The Labute approximate surface area is 136 Å². The summed E-state index contributed by atoms with van der Waals surface area (Å²) in [6, 6.07) is 3.69. The maximum atomic E-state index is 13.6. The van der Waals surface area contributed by atoms with Crippen molar-refractivity contribution in [1.29, 1.82) is 0 Å². The van der Waals surface area contributed by atoms with Crippen molar-refractivity contribution in [3.8, 4) is 0 Å². The summed E-state index contributed by atoms with van der Waals surface area (Å²) in [5.41, 5.74) is 0.505. The lowest BCUT2D eigenvalue weighted by atomic mass is 10.1. The third-order valence-corrected chi connectivity index (χ3v) is 4.05. The summed E-state index contributed by atoms with van der Waals surface area (Å²) in [5.74, 6) is 0.307. The van der Waals surface area contributed by atoms with Crippen LogP contribution >= 0.6 is 0 Å². The lowest BCUT2D eigenvalue weighted by Crippen LogP contribution is -2.41. The molecule has 1 unspecified atom stereocenters. The third-order valence-electron chi connectivity index (χ3n) is 4.05. The first-order valence-electron chi connectivity index (χ1n) is 8.11. The first kappa shape index (κ1) is 17.7. The molecule has 23 heavy (non-hydrogen) atoms. The van der Waals surface area contributed by atoms with Gasteiger partial charge in [0.2, 0.25) is 0 Å². The molecule has 6 heteroatoms. The highest BCUT2D eigenvalue weighted by Crippen LogP contribution is 2.16. The second-order valence-electron chi connectivity index (χ2n) is 5.72. The normalized spacial score (nSPS) is 18.5. The fourth-order valence-corrected chi connectivity index (χ4v) is 2.81. The summed E-state index contributed by atoms with van der Waals surface area (Å²) < 4.78 is 32.0. The lowest BCUT2D eigenvalue weighted by molar-refractivity contribution is 0.114. The van der Waals surface area contributed by atoms with Crippen molar-refractivity contribution in [3.63, 3.8) is 0 Å². The molecule has 128 valence electrons. The molecule has 0 aromatic heterocycles. The lowest BCUT2D eigenvalue weighted by Gasteiger charge is -2.21. The van der Waals surface area contributed by atoms with Crippen molar-refractivity contribution in [1.82, 2.24) is 10.2 Å². The van der Waals surface area contributed by atoms with E-state index < -0.39 is 11.6 Å². The molecule has 0 saturated carbocycles. The third kappa shape index (κ3) is 5.16. The van der Waals surface area contributed by atoms with Gasteiger partial charge in [0, 0.05) is 45.3 Å². The second kappa shape index (κ2) is 8.82. The van der Waals surface area contributed by atoms with Crippen LogP contribution in [0.15, 0.2) is 23.2 Å². The molecule has 1 aliphatic rings. The molecule has 4 nitrogen and oxygen atoms in total. The number of halogens is 2. The Morgan fingerprint density at radius 1 is 1.43 bits per heavy atom. The van der Waals surface area contributed by atoms with Gasteiger partial charge in [-0.15, -0.1) is 0 Å². The summed E-state index contributed by atoms with van der Waals surface area (Å²) in [6.45, 7) is 5.95. The minimum atomic E-state index is -0.549. The smallest absolute Gasteiger partial charge is 0.193 e. The number of hydrogen-bond donors (Lipinski definition) is 1. The highest BCUT2D eigenvalue weighted by Gasteiger charge is 2.24. The van der Waals surface area contributed by atoms with Crippen LogP contribution in [0.2, 0.25) is 0 Å². The number of hydrogen-bond acceptors (Lipinski definition) is 2. The van der Waals surface area contributed by atoms with Gasteiger partial charge in [0.05, 0.1) is 6.61 Å². The summed E-state index contributed by atoms with van der Waals surface area (Å²) >= 11 is 0. The van der Waals surface area contributed by atoms with Crippen molar-refractivity contribution in [2.45, 2.75) is 19.8 Å². The molecule has 1 N–H and O–H groups in total. The van der Waals surface area contributed by atoms with E-state index in [0.717, 1.165) is 44.8 Å². The van der Waals surface area contributed by atoms with E-state index in [1.165, 1.54) is 12.1 Å². The number of rotatable bonds is 6. The van der Waals surface area contributed by atoms with E-state index in [1.807, 2.05) is 6.92 Å². The number of aliphatic imine (C=N–C) groups is 1. The van der Waals surface area contributed by atoms with Crippen molar-refractivity contribution in [3.05, 3.63) is 35.4 Å². The fraction of sp³-hybridized carbons (Fsp3) is 0.588. The Bertz CT molecular complexity index is 537. The highest BCUT2D eigenvalue weighted by atomic mass is 19.1. The van der Waals surface area contributed by atoms with Crippen molar-refractivity contribution >= 4 is 5.96 Å². The molecule has 0 spiro atoms. The van der Waals surface area contributed by atoms with Gasteiger partial charge >= 0.3 is 0 Å². The maximum Gasteiger partial charge on any atom is 0.193 e. The average molecular weight is 325 g/mol. The minimum Gasteiger partial charge on any atom is -0.381 e. The topological polar surface area (TPSA) is 36.9 Å². The van der Waals surface area contributed by atoms with E-state index >= 15 is 0 Å². The minimum absolute atomic E-state index is 0.487. The zero-order chi connectivity index (χ0) is 16.7. The molecular weight excluding hydrogens is 300 g/mol. The standard InChI is InChI=1S/C17H25F2N3O/c1-3-23-12-13-7-9-22(11-13)17(20-2)21-8-6-14-4-5-15(18)10-16(14)19/h4-5,10,13H,3,6-9,11-12H2,1-2H3,(H,20,21). The monoisotopic (exact) mass is 325 g/mol. The van der Waals surface area contributed by atoms with Crippen LogP contribution < -0.4 is 5.32 Å². The zero-order valence-corrected chi connectivity index (χ0v) is 13.8. The molecule has 2 rings (SSSR count). The zero-order valence-electron chi connectivity index (χ0n) is 13.8. The van der Waals surface area contributed by atoms with Gasteiger partial charge in [0.25, 0.3) is 0 Å². The van der Waals surface area contributed by atoms with Crippen LogP contribution in [0.5, 0.6) is 0 Å². The van der Waals surface area contributed by atoms with E-state index in [2.05, 4.69) is 15.2 Å². The molecule has 0 radical (unpaired) electrons. The Hall–Kier alpha value is -1.69. The van der Waals surface area contributed by atoms with E-state index in [1.54, 1.807) is 7.05 Å². The predicted molar refractivity (Wildman–Crippen MR) is 87.6 cm³/mol. The Kier molecular flexibility index (Phi) is 6.77. The summed E-state index contributed by atoms with van der Waals surface area (Å²) in [7, 11) is 1.75. The van der Waals surface area contributed by atoms with Gasteiger partial charge in [0.1, 0.15) is 11.6 Å². The van der Waals surface area contributed by atoms with Crippen molar-refractivity contribution in [2.75, 3.05) is 39.9 Å². The molecule has 0 aliphatic carbocycles. The Morgan fingerprint density at radius 2 is 2.26 bits per heavy atom. The number of likely N-dealkylation sites (tertiary alicyclic amines) is 1. The molecule has 1 atom stereocenters. The maximum absolute atomic E-state index is 13.6. The van der Waals surface area contributed by atoms with E-state index in [0.29, 0.717) is 24.4 Å². The van der Waals surface area contributed by atoms with Crippen LogP contribution in [0.3, 0.4) is 0 Å². The van der Waals surface area contributed by atoms with Crippen molar-refractivity contribution in [2.24, 2.45) is 10.9 Å². The molecule has 1 aromatic carbocycles. The van der Waals surface area contributed by atoms with E-state index in [9.17, 15) is 8.78 Å². The van der Waals surface area contributed by atoms with Crippen LogP contribution in [0.1, 0.15) is 18.9 Å². The largest absolute Gasteiger partial charge is 0.381 e. The predicted octanol–water partition coefficient (Wildman–Crippen LogP) is 2.44. The first-order chi connectivity index (χ1) is 11.1. The summed E-state index contributed by atoms with van der Waals surface area (Å²) in [5, 5.41) is 3.25. The summed E-state index contributed by atoms with van der Waals surface area (Å²) in [4.78, 5) is 6.49. The SMILES string of the molecule is CCOCC1CCN(C(=NC)NCCc2ccc(F)cc2F)C1. The molecule has 0 bridgehead atoms. The van der Waals surface area contributed by atoms with E-state index in [-0.39, 0.29) is 0 Å². The highest BCUT2D eigenvalue weighted by molar-refractivity contribution is 5.80. The Balaban J connectivity index is 1.79. The molecule has 1 heterocycles. The van der Waals surface area contributed by atoms with Crippen molar-refractivity contribution < 1.29 is 13.5 Å². The van der Waals surface area contributed by atoms with Gasteiger partial charge in [-0.25, -0.2) is 8.78 Å². The van der Waals surface area contributed by atoms with Gasteiger partial charge in [0.15, 0.2) is 5.96 Å². The van der Waals surface area contributed by atoms with Gasteiger partial charge in [-0.05, 0) is 31.4 Å². The Morgan fingerprint density at radius 3 is 2.96 bits per heavy atom. The van der Waals surface area contributed by atoms with Crippen LogP contribution in [-0.2, 0) is 11.2 Å². The van der Waals surface area contributed by atoms with Gasteiger partial charge < -0.3 is 15.0 Å². The number of nitrogens with one attached hydrogen (secondary N) is 1. The van der Waals surface area contributed by atoms with Gasteiger partial charge in [-0.2, -0.15) is 0 Å². The molecule has 1 saturated heterocycles. The number of nitrogens with zero attached hydrogens (tertiary/aromatic N) is 2. The number of guanidine groups is 1. The van der Waals surface area contributed by atoms with Gasteiger partial charge in [-0.1, -0.05) is 6.07 Å². The van der Waals surface area contributed by atoms with Crippen LogP contribution in [0, 0.1) is 17.6 Å². The molecular formula is C17H25F2N3O. The second-order valence-corrected chi connectivity index (χ2v) is 5.72. The number of benzene rings is 1. The van der Waals surface area contributed by atoms with Gasteiger partial charge in [-0.3, -0.25) is 4.99 Å². The molecule has 0 amide bonds. The quantitative estimate of drug-likeness (QED) is 0.645. The number of ether oxygens (including phenoxy) is 1. The van der Waals surface area contributed by atoms with Crippen LogP contribution in [0.25, 0.3) is 0 Å².